The number of hydrogen-bond acceptors (Lipinski definition) is 8. The van der Waals surface area contributed by atoms with Crippen LogP contribution in [-0.4, -0.2) is 62.9 Å². The van der Waals surface area contributed by atoms with E-state index >= 15 is 0 Å². The highest BCUT2D eigenvalue weighted by Gasteiger charge is 2.31. The molecule has 2 aliphatic rings. The molecule has 3 rings (SSSR count). The van der Waals surface area contributed by atoms with E-state index in [-0.39, 0.29) is 42.5 Å². The number of rotatable bonds is 8. The van der Waals surface area contributed by atoms with Crippen LogP contribution in [0.4, 0.5) is 5.00 Å². The van der Waals surface area contributed by atoms with Crippen LogP contribution in [0.2, 0.25) is 0 Å². The third-order valence-electron chi connectivity index (χ3n) is 5.79. The van der Waals surface area contributed by atoms with Gasteiger partial charge in [-0.25, -0.2) is 13.2 Å². The number of hydrogen-bond donors (Lipinski definition) is 3. The van der Waals surface area contributed by atoms with Gasteiger partial charge in [0, 0.05) is 10.9 Å². The van der Waals surface area contributed by atoms with Crippen LogP contribution in [-0.2, 0) is 37.0 Å². The molecule has 0 aromatic carbocycles. The van der Waals surface area contributed by atoms with Gasteiger partial charge in [-0.3, -0.25) is 14.9 Å². The van der Waals surface area contributed by atoms with E-state index in [9.17, 15) is 22.8 Å². The topological polar surface area (TPSA) is 131 Å². The number of carbonyl (C=O) groups is 3. The Labute approximate surface area is 192 Å². The largest absolute Gasteiger partial charge is 0.462 e. The van der Waals surface area contributed by atoms with Gasteiger partial charge in [-0.1, -0.05) is 6.92 Å². The summed E-state index contributed by atoms with van der Waals surface area (Å²) in [6.45, 7) is 5.68. The molecule has 1 aliphatic heterocycles. The molecule has 1 fully saturated rings. The summed E-state index contributed by atoms with van der Waals surface area (Å²) in [7, 11) is -3.08. The fourth-order valence-electron chi connectivity index (χ4n) is 4.00. The molecule has 0 saturated carbocycles. The van der Waals surface area contributed by atoms with Crippen molar-refractivity contribution in [2.24, 2.45) is 5.92 Å². The molecule has 3 atom stereocenters. The smallest absolute Gasteiger partial charge is 0.341 e. The van der Waals surface area contributed by atoms with Gasteiger partial charge >= 0.3 is 5.97 Å². The standard InChI is InChI=1S/C21H31N3O6S2/c1-4-30-21(27)18-15-6-5-12(2)9-16(15)31-20(18)24-19(26)13(3)22-10-17(25)23-14-7-8-32(28,29)11-14/h12-14,22H,4-11H2,1-3H3,(H,23,25)(H,24,26)/t12-,13+,14-/m1/s1. The minimum Gasteiger partial charge on any atom is -0.462 e. The highest BCUT2D eigenvalue weighted by atomic mass is 32.2. The normalized spacial score (nSPS) is 22.6. The molecule has 32 heavy (non-hydrogen) atoms. The molecule has 2 amide bonds. The van der Waals surface area contributed by atoms with Gasteiger partial charge in [0.15, 0.2) is 9.84 Å². The van der Waals surface area contributed by atoms with Crippen molar-refractivity contribution in [2.45, 2.75) is 58.5 Å². The molecule has 9 nitrogen and oxygen atoms in total. The van der Waals surface area contributed by atoms with Gasteiger partial charge in [0.25, 0.3) is 0 Å². The van der Waals surface area contributed by atoms with E-state index in [2.05, 4.69) is 22.9 Å². The number of amides is 2. The minimum atomic E-state index is -3.08. The lowest BCUT2D eigenvalue weighted by molar-refractivity contribution is -0.121. The van der Waals surface area contributed by atoms with E-state index < -0.39 is 21.8 Å². The Morgan fingerprint density at radius 3 is 2.66 bits per heavy atom. The summed E-state index contributed by atoms with van der Waals surface area (Å²) in [5.74, 6) is -0.600. The van der Waals surface area contributed by atoms with Crippen molar-refractivity contribution in [1.29, 1.82) is 0 Å². The first-order valence-electron chi connectivity index (χ1n) is 10.9. The van der Waals surface area contributed by atoms with Gasteiger partial charge in [0.1, 0.15) is 5.00 Å². The fraction of sp³-hybridized carbons (Fsp3) is 0.667. The Morgan fingerprint density at radius 2 is 2.00 bits per heavy atom. The van der Waals surface area contributed by atoms with Gasteiger partial charge in [0.05, 0.1) is 36.3 Å². The fourth-order valence-corrected chi connectivity index (χ4v) is 7.08. The Bertz CT molecular complexity index is 988. The summed E-state index contributed by atoms with van der Waals surface area (Å²) in [6.07, 6.45) is 3.04. The minimum absolute atomic E-state index is 0.0485. The molecule has 11 heteroatoms. The molecular formula is C21H31N3O6S2. The van der Waals surface area contributed by atoms with Crippen LogP contribution in [0.5, 0.6) is 0 Å². The Hall–Kier alpha value is -1.98. The number of ether oxygens (including phenoxy) is 1. The Kier molecular flexibility index (Phi) is 7.94. The van der Waals surface area contributed by atoms with Gasteiger partial charge < -0.3 is 15.4 Å². The average Bonchev–Trinajstić information content (AvgIpc) is 3.24. The van der Waals surface area contributed by atoms with Crippen molar-refractivity contribution in [1.82, 2.24) is 10.6 Å². The Morgan fingerprint density at radius 1 is 1.25 bits per heavy atom. The highest BCUT2D eigenvalue weighted by molar-refractivity contribution is 7.91. The van der Waals surface area contributed by atoms with Gasteiger partial charge in [-0.05, 0) is 51.0 Å². The molecule has 0 bridgehead atoms. The number of carbonyl (C=O) groups excluding carboxylic acids is 3. The van der Waals surface area contributed by atoms with Crippen LogP contribution in [0.1, 0.15) is 54.4 Å². The highest BCUT2D eigenvalue weighted by Crippen LogP contribution is 2.40. The molecule has 178 valence electrons. The lowest BCUT2D eigenvalue weighted by atomic mass is 9.88. The average molecular weight is 486 g/mol. The van der Waals surface area contributed by atoms with Crippen molar-refractivity contribution in [3.8, 4) is 0 Å². The van der Waals surface area contributed by atoms with E-state index in [4.69, 9.17) is 4.74 Å². The van der Waals surface area contributed by atoms with Gasteiger partial charge in [0.2, 0.25) is 11.8 Å². The van der Waals surface area contributed by atoms with Gasteiger partial charge in [-0.15, -0.1) is 11.3 Å². The number of fused-ring (bicyclic) bond motifs is 1. The van der Waals surface area contributed by atoms with Crippen LogP contribution in [0.15, 0.2) is 0 Å². The SMILES string of the molecule is CCOC(=O)c1c(NC(=O)[C@H](C)NCC(=O)N[C@@H]2CCS(=O)(=O)C2)sc2c1CC[C@@H](C)C2. The molecular weight excluding hydrogens is 454 g/mol. The maximum Gasteiger partial charge on any atom is 0.341 e. The van der Waals surface area contributed by atoms with Crippen molar-refractivity contribution in [2.75, 3.05) is 30.0 Å². The van der Waals surface area contributed by atoms with Crippen LogP contribution in [0.25, 0.3) is 0 Å². The second-order valence-electron chi connectivity index (χ2n) is 8.54. The number of anilines is 1. The molecule has 0 spiro atoms. The van der Waals surface area contributed by atoms with Crippen LogP contribution in [0, 0.1) is 5.92 Å². The van der Waals surface area contributed by atoms with Gasteiger partial charge in [-0.2, -0.15) is 0 Å². The van der Waals surface area contributed by atoms with Crippen LogP contribution in [0.3, 0.4) is 0 Å². The number of esters is 1. The molecule has 0 radical (unpaired) electrons. The van der Waals surface area contributed by atoms with Crippen molar-refractivity contribution in [3.63, 3.8) is 0 Å². The molecule has 3 N–H and O–H groups in total. The van der Waals surface area contributed by atoms with Crippen molar-refractivity contribution >= 4 is 44.0 Å². The van der Waals surface area contributed by atoms with Crippen molar-refractivity contribution in [3.05, 3.63) is 16.0 Å². The predicted octanol–water partition coefficient (Wildman–Crippen LogP) is 1.27. The lowest BCUT2D eigenvalue weighted by Gasteiger charge is -2.18. The maximum atomic E-state index is 12.7. The van der Waals surface area contributed by atoms with E-state index in [0.29, 0.717) is 22.9 Å². The monoisotopic (exact) mass is 485 g/mol. The zero-order chi connectivity index (χ0) is 23.5. The number of nitrogens with one attached hydrogen (secondary N) is 3. The Balaban J connectivity index is 1.59. The predicted molar refractivity (Wildman–Crippen MR) is 123 cm³/mol. The van der Waals surface area contributed by atoms with E-state index in [0.717, 1.165) is 29.7 Å². The third kappa shape index (κ3) is 6.08. The summed E-state index contributed by atoms with van der Waals surface area (Å²) in [6, 6.07) is -1.08. The second-order valence-corrected chi connectivity index (χ2v) is 11.9. The van der Waals surface area contributed by atoms with Crippen LogP contribution >= 0.6 is 11.3 Å². The molecule has 1 saturated heterocycles. The summed E-state index contributed by atoms with van der Waals surface area (Å²) in [4.78, 5) is 38.5. The summed E-state index contributed by atoms with van der Waals surface area (Å²) in [5, 5.41) is 8.86. The quantitative estimate of drug-likeness (QED) is 0.473. The summed E-state index contributed by atoms with van der Waals surface area (Å²) in [5.41, 5.74) is 1.41. The van der Waals surface area contributed by atoms with Crippen molar-refractivity contribution < 1.29 is 27.5 Å². The molecule has 1 aromatic rings. The summed E-state index contributed by atoms with van der Waals surface area (Å²) < 4.78 is 28.2. The number of thiophene rings is 1. The third-order valence-corrected chi connectivity index (χ3v) is 8.73. The first-order chi connectivity index (χ1) is 15.1. The molecule has 0 unspecified atom stereocenters. The lowest BCUT2D eigenvalue weighted by Crippen LogP contribution is -2.46. The summed E-state index contributed by atoms with van der Waals surface area (Å²) >= 11 is 1.41. The zero-order valence-corrected chi connectivity index (χ0v) is 20.3. The van der Waals surface area contributed by atoms with E-state index in [1.807, 2.05) is 0 Å². The zero-order valence-electron chi connectivity index (χ0n) is 18.7. The molecule has 1 aliphatic carbocycles. The molecule has 1 aromatic heterocycles. The second kappa shape index (κ2) is 10.3. The number of sulfone groups is 1. The maximum absolute atomic E-state index is 12.7. The van der Waals surface area contributed by atoms with E-state index in [1.165, 1.54) is 11.3 Å². The van der Waals surface area contributed by atoms with Crippen LogP contribution < -0.4 is 16.0 Å². The van der Waals surface area contributed by atoms with E-state index in [1.54, 1.807) is 13.8 Å². The first-order valence-corrected chi connectivity index (χ1v) is 13.6. The first kappa shape index (κ1) is 24.7. The molecule has 2 heterocycles.